The van der Waals surface area contributed by atoms with E-state index in [0.717, 1.165) is 22.2 Å². The molecule has 0 fully saturated rings. The van der Waals surface area contributed by atoms with Crippen molar-refractivity contribution in [3.05, 3.63) is 47.5 Å². The van der Waals surface area contributed by atoms with E-state index in [1.165, 1.54) is 4.80 Å². The van der Waals surface area contributed by atoms with Crippen molar-refractivity contribution in [2.75, 3.05) is 26.4 Å². The summed E-state index contributed by atoms with van der Waals surface area (Å²) < 4.78 is 17.7. The fourth-order valence-electron chi connectivity index (χ4n) is 4.39. The molecule has 0 aliphatic carbocycles. The number of carbonyl (C=O) groups is 1. The molecule has 9 nitrogen and oxygen atoms in total. The first-order valence-corrected chi connectivity index (χ1v) is 15.4. The maximum Gasteiger partial charge on any atom is 0.500 e. The van der Waals surface area contributed by atoms with Gasteiger partial charge in [0.05, 0.1) is 0 Å². The smallest absolute Gasteiger partial charge is 0.500 e. The molecule has 0 aliphatic rings. The summed E-state index contributed by atoms with van der Waals surface area (Å²) in [6, 6.07) is 12.1. The number of fused-ring (bicyclic) bond motifs is 1. The highest BCUT2D eigenvalue weighted by Gasteiger charge is 2.39. The van der Waals surface area contributed by atoms with Crippen molar-refractivity contribution in [1.82, 2.24) is 20.3 Å². The number of nitrogens with one attached hydrogen (secondary N) is 1. The lowest BCUT2D eigenvalue weighted by Crippen LogP contribution is -2.46. The monoisotopic (exact) mass is 542 g/mol. The first kappa shape index (κ1) is 29.8. The molecular formula is C28H42N4O5Si. The first-order chi connectivity index (χ1) is 18.1. The van der Waals surface area contributed by atoms with Gasteiger partial charge in [-0.2, -0.15) is 0 Å². The molecule has 3 aromatic rings. The average Bonchev–Trinajstić information content (AvgIpc) is 3.30. The number of phenols is 1. The molecule has 1 aromatic heterocycles. The van der Waals surface area contributed by atoms with Gasteiger partial charge >= 0.3 is 8.80 Å². The van der Waals surface area contributed by atoms with E-state index in [9.17, 15) is 9.90 Å². The molecule has 0 spiro atoms. The van der Waals surface area contributed by atoms with Gasteiger partial charge < -0.3 is 23.7 Å². The van der Waals surface area contributed by atoms with E-state index in [4.69, 9.17) is 13.3 Å². The van der Waals surface area contributed by atoms with Crippen LogP contribution in [0.5, 0.6) is 5.75 Å². The standard InChI is InChI=1S/C28H42N4O5Si/c1-7-35-38(36-8-2,37-9-3)18-12-17-29-26(33)16-15-21-19-22(28(4,5)6)27(34)25(20-21)32-30-23-13-10-11-14-24(23)31-32/h10-11,13-14,19-20,34H,7-9,12,15-18H2,1-6H3,(H,29,33). The zero-order valence-corrected chi connectivity index (χ0v) is 24.5. The second-order valence-electron chi connectivity index (χ2n) is 10.2. The van der Waals surface area contributed by atoms with Crippen molar-refractivity contribution >= 4 is 25.7 Å². The number of aromatic hydroxyl groups is 1. The molecule has 0 saturated carbocycles. The lowest BCUT2D eigenvalue weighted by Gasteiger charge is -2.28. The summed E-state index contributed by atoms with van der Waals surface area (Å²) in [5, 5.41) is 23.2. The Morgan fingerprint density at radius 3 is 2.11 bits per heavy atom. The Hall–Kier alpha value is -2.79. The molecule has 38 heavy (non-hydrogen) atoms. The zero-order valence-electron chi connectivity index (χ0n) is 23.5. The Labute approximate surface area is 226 Å². The SMILES string of the molecule is CCO[Si](CCCNC(=O)CCc1cc(-n2nc3ccccc3n2)c(O)c(C(C)(C)C)c1)(OCC)OCC. The molecule has 0 atom stereocenters. The van der Waals surface area contributed by atoms with E-state index in [0.29, 0.717) is 57.4 Å². The number of benzene rings is 2. The molecule has 2 N–H and O–H groups in total. The zero-order chi connectivity index (χ0) is 27.8. The Kier molecular flexibility index (Phi) is 10.4. The number of aromatic nitrogens is 3. The Bertz CT molecular complexity index is 1160. The molecule has 2 aromatic carbocycles. The summed E-state index contributed by atoms with van der Waals surface area (Å²) in [7, 11) is -2.71. The molecular weight excluding hydrogens is 500 g/mol. The molecule has 1 heterocycles. The Balaban J connectivity index is 1.67. The van der Waals surface area contributed by atoms with Crippen LogP contribution in [-0.2, 0) is 29.9 Å². The highest BCUT2D eigenvalue weighted by Crippen LogP contribution is 2.36. The number of nitrogens with zero attached hydrogens (tertiary/aromatic N) is 3. The molecule has 0 radical (unpaired) electrons. The number of hydrogen-bond acceptors (Lipinski definition) is 7. The maximum atomic E-state index is 12.7. The third-order valence-corrected chi connectivity index (χ3v) is 9.33. The van der Waals surface area contributed by atoms with E-state index in [1.54, 1.807) is 0 Å². The summed E-state index contributed by atoms with van der Waals surface area (Å²) in [5.41, 5.74) is 3.43. The lowest BCUT2D eigenvalue weighted by atomic mass is 9.84. The number of hydrogen-bond donors (Lipinski definition) is 2. The van der Waals surface area contributed by atoms with Crippen molar-refractivity contribution in [3.63, 3.8) is 0 Å². The van der Waals surface area contributed by atoms with Crippen LogP contribution in [0.2, 0.25) is 6.04 Å². The molecule has 10 heteroatoms. The topological polar surface area (TPSA) is 108 Å². The van der Waals surface area contributed by atoms with Gasteiger partial charge in [-0.25, -0.2) is 0 Å². The first-order valence-electron chi connectivity index (χ1n) is 13.5. The van der Waals surface area contributed by atoms with E-state index >= 15 is 0 Å². The van der Waals surface area contributed by atoms with Crippen molar-refractivity contribution in [2.24, 2.45) is 0 Å². The van der Waals surface area contributed by atoms with Crippen LogP contribution in [-0.4, -0.2) is 61.2 Å². The van der Waals surface area contributed by atoms with Crippen molar-refractivity contribution in [3.8, 4) is 11.4 Å². The third kappa shape index (κ3) is 7.63. The van der Waals surface area contributed by atoms with Crippen LogP contribution in [0.15, 0.2) is 36.4 Å². The Morgan fingerprint density at radius 2 is 1.58 bits per heavy atom. The summed E-state index contributed by atoms with van der Waals surface area (Å²) in [6.45, 7) is 14.1. The predicted molar refractivity (Wildman–Crippen MR) is 151 cm³/mol. The van der Waals surface area contributed by atoms with Crippen LogP contribution in [0.1, 0.15) is 65.5 Å². The molecule has 0 saturated heterocycles. The van der Waals surface area contributed by atoms with E-state index < -0.39 is 8.80 Å². The molecule has 0 unspecified atom stereocenters. The minimum atomic E-state index is -2.71. The number of carbonyl (C=O) groups excluding carboxylic acids is 1. The van der Waals surface area contributed by atoms with Gasteiger partial charge in [-0.15, -0.1) is 15.0 Å². The summed E-state index contributed by atoms with van der Waals surface area (Å²) >= 11 is 0. The van der Waals surface area contributed by atoms with Crippen LogP contribution < -0.4 is 5.32 Å². The van der Waals surface area contributed by atoms with Gasteiger partial charge in [-0.05, 0) is 62.8 Å². The highest BCUT2D eigenvalue weighted by atomic mass is 28.4. The summed E-state index contributed by atoms with van der Waals surface area (Å²) in [4.78, 5) is 14.1. The fraction of sp³-hybridized carbons (Fsp3) is 0.536. The van der Waals surface area contributed by atoms with Gasteiger partial charge in [0.2, 0.25) is 5.91 Å². The predicted octanol–water partition coefficient (Wildman–Crippen LogP) is 4.91. The van der Waals surface area contributed by atoms with Crippen LogP contribution in [0.4, 0.5) is 0 Å². The second kappa shape index (κ2) is 13.3. The molecule has 208 valence electrons. The van der Waals surface area contributed by atoms with Crippen LogP contribution in [0.25, 0.3) is 16.7 Å². The van der Waals surface area contributed by atoms with Gasteiger partial charge in [0, 0.05) is 44.4 Å². The van der Waals surface area contributed by atoms with Crippen LogP contribution >= 0.6 is 0 Å². The van der Waals surface area contributed by atoms with Gasteiger partial charge in [-0.1, -0.05) is 39.0 Å². The summed E-state index contributed by atoms with van der Waals surface area (Å²) in [5.74, 6) is 0.118. The molecule has 3 rings (SSSR count). The largest absolute Gasteiger partial charge is 0.505 e. The number of aryl methyl sites for hydroxylation is 1. The van der Waals surface area contributed by atoms with Crippen LogP contribution in [0.3, 0.4) is 0 Å². The normalized spacial score (nSPS) is 12.3. The highest BCUT2D eigenvalue weighted by molar-refractivity contribution is 6.60. The van der Waals surface area contributed by atoms with E-state index in [-0.39, 0.29) is 17.1 Å². The van der Waals surface area contributed by atoms with E-state index in [1.807, 2.05) is 77.9 Å². The maximum absolute atomic E-state index is 12.7. The number of phenolic OH excluding ortho intramolecular Hbond substituents is 1. The van der Waals surface area contributed by atoms with Gasteiger partial charge in [0.25, 0.3) is 0 Å². The molecule has 1 amide bonds. The third-order valence-electron chi connectivity index (χ3n) is 6.18. The van der Waals surface area contributed by atoms with Gasteiger partial charge in [0.15, 0.2) is 0 Å². The minimum Gasteiger partial charge on any atom is -0.505 e. The van der Waals surface area contributed by atoms with Crippen molar-refractivity contribution < 1.29 is 23.2 Å². The quantitative estimate of drug-likeness (QED) is 0.220. The number of rotatable bonds is 14. The fourth-order valence-corrected chi connectivity index (χ4v) is 7.01. The average molecular weight is 543 g/mol. The second-order valence-corrected chi connectivity index (χ2v) is 12.9. The summed E-state index contributed by atoms with van der Waals surface area (Å²) in [6.07, 6.45) is 1.57. The Morgan fingerprint density at radius 1 is 1.00 bits per heavy atom. The number of amides is 1. The van der Waals surface area contributed by atoms with Crippen molar-refractivity contribution in [2.45, 2.75) is 72.3 Å². The lowest BCUT2D eigenvalue weighted by molar-refractivity contribution is -0.121. The van der Waals surface area contributed by atoms with Gasteiger partial charge in [-0.3, -0.25) is 4.79 Å². The van der Waals surface area contributed by atoms with E-state index in [2.05, 4.69) is 15.5 Å². The van der Waals surface area contributed by atoms with Crippen molar-refractivity contribution in [1.29, 1.82) is 0 Å². The molecule has 0 aliphatic heterocycles. The molecule has 0 bridgehead atoms. The van der Waals surface area contributed by atoms with Gasteiger partial charge in [0.1, 0.15) is 22.5 Å². The van der Waals surface area contributed by atoms with Crippen LogP contribution in [0, 0.1) is 0 Å². The minimum absolute atomic E-state index is 0.0311.